The van der Waals surface area contributed by atoms with Crippen molar-refractivity contribution in [1.82, 2.24) is 0 Å². The van der Waals surface area contributed by atoms with E-state index in [0.717, 1.165) is 12.8 Å². The molecule has 0 saturated carbocycles. The average molecular weight is 143 g/mol. The Balaban J connectivity index is 3.80. The Morgan fingerprint density at radius 2 is 1.90 bits per heavy atom. The number of hydrogen-bond acceptors (Lipinski definition) is 2. The van der Waals surface area contributed by atoms with Gasteiger partial charge < -0.3 is 4.84 Å². The fourth-order valence-corrected chi connectivity index (χ4v) is 0.559. The van der Waals surface area contributed by atoms with Gasteiger partial charge in [0, 0.05) is 6.21 Å². The van der Waals surface area contributed by atoms with Gasteiger partial charge in [0.25, 0.3) is 0 Å². The molecule has 0 amide bonds. The Kier molecular flexibility index (Phi) is 4.08. The molecule has 0 aliphatic heterocycles. The van der Waals surface area contributed by atoms with Crippen LogP contribution < -0.4 is 0 Å². The quantitative estimate of drug-likeness (QED) is 0.438. The van der Waals surface area contributed by atoms with Gasteiger partial charge in [0.05, 0.1) is 0 Å². The molecule has 0 aliphatic carbocycles. The molecule has 0 spiro atoms. The zero-order valence-electron chi connectivity index (χ0n) is 7.35. The summed E-state index contributed by atoms with van der Waals surface area (Å²) in [5.74, 6) is 0. The van der Waals surface area contributed by atoms with Gasteiger partial charge in [-0.1, -0.05) is 19.0 Å². The van der Waals surface area contributed by atoms with Crippen LogP contribution in [-0.4, -0.2) is 11.8 Å². The fourth-order valence-electron chi connectivity index (χ4n) is 0.559. The maximum atomic E-state index is 5.25. The Hall–Kier alpha value is -0.530. The second kappa shape index (κ2) is 4.31. The fraction of sp³-hybridized carbons (Fsp3) is 0.875. The van der Waals surface area contributed by atoms with Crippen LogP contribution in [0.3, 0.4) is 0 Å². The largest absolute Gasteiger partial charge is 0.390 e. The molecule has 0 fully saturated rings. The lowest BCUT2D eigenvalue weighted by atomic mass is 10.0. The van der Waals surface area contributed by atoms with Crippen LogP contribution in [0.15, 0.2) is 5.16 Å². The summed E-state index contributed by atoms with van der Waals surface area (Å²) >= 11 is 0. The molecule has 0 heterocycles. The molecule has 2 heteroatoms. The third-order valence-corrected chi connectivity index (χ3v) is 1.87. The van der Waals surface area contributed by atoms with Gasteiger partial charge in [-0.15, -0.1) is 0 Å². The maximum Gasteiger partial charge on any atom is 0.134 e. The van der Waals surface area contributed by atoms with Gasteiger partial charge in [-0.3, -0.25) is 0 Å². The molecule has 0 saturated heterocycles. The second-order valence-electron chi connectivity index (χ2n) is 2.61. The van der Waals surface area contributed by atoms with E-state index in [1.165, 1.54) is 0 Å². The molecule has 0 aliphatic rings. The summed E-state index contributed by atoms with van der Waals surface area (Å²) in [6.45, 7) is 8.13. The number of oxime groups is 1. The van der Waals surface area contributed by atoms with E-state index >= 15 is 0 Å². The van der Waals surface area contributed by atoms with E-state index in [1.807, 2.05) is 6.92 Å². The lowest BCUT2D eigenvalue weighted by molar-refractivity contribution is -0.0336. The molecule has 0 aromatic heterocycles. The highest BCUT2D eigenvalue weighted by Gasteiger charge is 2.20. The third-order valence-electron chi connectivity index (χ3n) is 1.87. The molecule has 60 valence electrons. The Morgan fingerprint density at radius 3 is 2.20 bits per heavy atom. The molecular formula is C8H17NO. The highest BCUT2D eigenvalue weighted by atomic mass is 16.6. The summed E-state index contributed by atoms with van der Waals surface area (Å²) in [6, 6.07) is 0. The van der Waals surface area contributed by atoms with Gasteiger partial charge >= 0.3 is 0 Å². The van der Waals surface area contributed by atoms with Crippen LogP contribution in [0.2, 0.25) is 0 Å². The normalized spacial score (nSPS) is 12.4. The molecule has 0 atom stereocenters. The van der Waals surface area contributed by atoms with Crippen LogP contribution in [0.5, 0.6) is 0 Å². The zero-order valence-corrected chi connectivity index (χ0v) is 7.35. The Bertz CT molecular complexity index is 106. The SMILES string of the molecule is C/C=N\OC(C)(CC)CC. The first-order valence-corrected chi connectivity index (χ1v) is 3.84. The molecule has 2 nitrogen and oxygen atoms in total. The molecule has 0 aromatic rings. The van der Waals surface area contributed by atoms with Crippen LogP contribution in [0, 0.1) is 0 Å². The van der Waals surface area contributed by atoms with E-state index in [1.54, 1.807) is 6.21 Å². The summed E-state index contributed by atoms with van der Waals surface area (Å²) in [5.41, 5.74) is -0.0630. The van der Waals surface area contributed by atoms with Crippen LogP contribution in [-0.2, 0) is 4.84 Å². The Morgan fingerprint density at radius 1 is 1.40 bits per heavy atom. The van der Waals surface area contributed by atoms with Gasteiger partial charge in [0.1, 0.15) is 5.60 Å². The number of rotatable bonds is 4. The zero-order chi connectivity index (χ0) is 8.04. The van der Waals surface area contributed by atoms with E-state index in [0.29, 0.717) is 0 Å². The lowest BCUT2D eigenvalue weighted by Gasteiger charge is -2.23. The minimum atomic E-state index is -0.0630. The predicted octanol–water partition coefficient (Wildman–Crippen LogP) is 2.59. The van der Waals surface area contributed by atoms with Gasteiger partial charge in [-0.25, -0.2) is 0 Å². The third kappa shape index (κ3) is 2.85. The van der Waals surface area contributed by atoms with Gasteiger partial charge in [0.15, 0.2) is 0 Å². The van der Waals surface area contributed by atoms with Crippen molar-refractivity contribution in [2.45, 2.75) is 46.1 Å². The Labute approximate surface area is 63.3 Å². The van der Waals surface area contributed by atoms with Crippen molar-refractivity contribution in [1.29, 1.82) is 0 Å². The second-order valence-corrected chi connectivity index (χ2v) is 2.61. The van der Waals surface area contributed by atoms with Crippen molar-refractivity contribution < 1.29 is 4.84 Å². The summed E-state index contributed by atoms with van der Waals surface area (Å²) in [4.78, 5) is 5.25. The topological polar surface area (TPSA) is 21.6 Å². The minimum Gasteiger partial charge on any atom is -0.390 e. The minimum absolute atomic E-state index is 0.0630. The highest BCUT2D eigenvalue weighted by molar-refractivity contribution is 5.52. The van der Waals surface area contributed by atoms with Crippen LogP contribution >= 0.6 is 0 Å². The van der Waals surface area contributed by atoms with Crippen LogP contribution in [0.25, 0.3) is 0 Å². The first-order chi connectivity index (χ1) is 4.68. The molecule has 0 radical (unpaired) electrons. The van der Waals surface area contributed by atoms with Crippen molar-refractivity contribution in [3.63, 3.8) is 0 Å². The smallest absolute Gasteiger partial charge is 0.134 e. The van der Waals surface area contributed by atoms with E-state index in [2.05, 4.69) is 25.9 Å². The molecule has 0 bridgehead atoms. The molecular weight excluding hydrogens is 126 g/mol. The highest BCUT2D eigenvalue weighted by Crippen LogP contribution is 2.18. The summed E-state index contributed by atoms with van der Waals surface area (Å²) in [5, 5.41) is 3.76. The molecule has 0 N–H and O–H groups in total. The van der Waals surface area contributed by atoms with Crippen molar-refractivity contribution in [3.05, 3.63) is 0 Å². The van der Waals surface area contributed by atoms with E-state index in [-0.39, 0.29) is 5.60 Å². The van der Waals surface area contributed by atoms with E-state index in [4.69, 9.17) is 4.84 Å². The summed E-state index contributed by atoms with van der Waals surface area (Å²) < 4.78 is 0. The number of nitrogens with zero attached hydrogens (tertiary/aromatic N) is 1. The van der Waals surface area contributed by atoms with Crippen LogP contribution in [0.1, 0.15) is 40.5 Å². The van der Waals surface area contributed by atoms with Gasteiger partial charge in [0.2, 0.25) is 0 Å². The predicted molar refractivity (Wildman–Crippen MR) is 44.2 cm³/mol. The summed E-state index contributed by atoms with van der Waals surface area (Å²) in [7, 11) is 0. The monoisotopic (exact) mass is 143 g/mol. The standard InChI is InChI=1S/C8H17NO/c1-5-8(4,6-2)10-9-7-3/h7H,5-6H2,1-4H3/b9-7-. The number of hydrogen-bond donors (Lipinski definition) is 0. The molecule has 0 aromatic carbocycles. The average Bonchev–Trinajstić information content (AvgIpc) is 2.00. The van der Waals surface area contributed by atoms with E-state index in [9.17, 15) is 0 Å². The van der Waals surface area contributed by atoms with Crippen molar-refractivity contribution in [2.24, 2.45) is 5.16 Å². The van der Waals surface area contributed by atoms with Crippen molar-refractivity contribution in [2.75, 3.05) is 0 Å². The molecule has 0 unspecified atom stereocenters. The first-order valence-electron chi connectivity index (χ1n) is 3.84. The van der Waals surface area contributed by atoms with E-state index < -0.39 is 0 Å². The van der Waals surface area contributed by atoms with Crippen molar-refractivity contribution >= 4 is 6.21 Å². The van der Waals surface area contributed by atoms with Gasteiger partial charge in [-0.05, 0) is 26.7 Å². The first kappa shape index (κ1) is 9.47. The molecule has 0 rings (SSSR count). The molecule has 10 heavy (non-hydrogen) atoms. The van der Waals surface area contributed by atoms with Crippen LogP contribution in [0.4, 0.5) is 0 Å². The van der Waals surface area contributed by atoms with Crippen molar-refractivity contribution in [3.8, 4) is 0 Å². The lowest BCUT2D eigenvalue weighted by Crippen LogP contribution is -2.24. The summed E-state index contributed by atoms with van der Waals surface area (Å²) in [6.07, 6.45) is 3.67. The maximum absolute atomic E-state index is 5.25. The van der Waals surface area contributed by atoms with Gasteiger partial charge in [-0.2, -0.15) is 0 Å².